The number of esters is 1. The summed E-state index contributed by atoms with van der Waals surface area (Å²) in [6.45, 7) is 5.43. The summed E-state index contributed by atoms with van der Waals surface area (Å²) in [5.41, 5.74) is 6.20. The summed E-state index contributed by atoms with van der Waals surface area (Å²) in [7, 11) is 1.32. The molecule has 0 radical (unpaired) electrons. The largest absolute Gasteiger partial charge is 0.464 e. The van der Waals surface area contributed by atoms with Crippen molar-refractivity contribution in [3.8, 4) is 0 Å². The Morgan fingerprint density at radius 1 is 1.67 bits per heavy atom. The maximum Gasteiger partial charge on any atom is 0.360 e. The van der Waals surface area contributed by atoms with Crippen molar-refractivity contribution in [1.29, 1.82) is 0 Å². The number of hydrogen-bond acceptors (Lipinski definition) is 5. The highest BCUT2D eigenvalue weighted by Crippen LogP contribution is 2.30. The van der Waals surface area contributed by atoms with Gasteiger partial charge in [0.2, 0.25) is 0 Å². The Labute approximate surface area is 106 Å². The second-order valence-corrected chi connectivity index (χ2v) is 4.62. The minimum absolute atomic E-state index is 0.165. The van der Waals surface area contributed by atoms with Gasteiger partial charge in [0.05, 0.1) is 13.7 Å². The summed E-state index contributed by atoms with van der Waals surface area (Å²) >= 11 is 0. The topological polar surface area (TPSA) is 79.4 Å². The van der Waals surface area contributed by atoms with Gasteiger partial charge >= 0.3 is 5.97 Å². The highest BCUT2D eigenvalue weighted by Gasteiger charge is 2.28. The van der Waals surface area contributed by atoms with Gasteiger partial charge in [-0.15, -0.1) is 0 Å². The molecule has 0 aliphatic carbocycles. The van der Waals surface area contributed by atoms with Gasteiger partial charge in [0.25, 0.3) is 0 Å². The Balaban J connectivity index is 2.32. The maximum absolute atomic E-state index is 11.5. The standard InChI is InChI=1S/C12H19N3O3/c1-7(9-4-5-18-6-9)15-8(2)14-10(11(15)13)12(16)17-3/h7,9H,4-6,13H2,1-3H3. The van der Waals surface area contributed by atoms with Crippen molar-refractivity contribution in [2.75, 3.05) is 26.1 Å². The van der Waals surface area contributed by atoms with Crippen LogP contribution >= 0.6 is 0 Å². The van der Waals surface area contributed by atoms with Crippen LogP contribution in [-0.4, -0.2) is 35.8 Å². The number of rotatable bonds is 3. The van der Waals surface area contributed by atoms with Gasteiger partial charge in [-0.3, -0.25) is 0 Å². The Hall–Kier alpha value is -1.56. The van der Waals surface area contributed by atoms with E-state index < -0.39 is 5.97 Å². The molecule has 0 bridgehead atoms. The van der Waals surface area contributed by atoms with Crippen molar-refractivity contribution in [3.63, 3.8) is 0 Å². The molecule has 1 aliphatic rings. The number of aromatic nitrogens is 2. The summed E-state index contributed by atoms with van der Waals surface area (Å²) in [4.78, 5) is 15.7. The zero-order valence-electron chi connectivity index (χ0n) is 11.0. The minimum Gasteiger partial charge on any atom is -0.464 e. The lowest BCUT2D eigenvalue weighted by Crippen LogP contribution is -2.20. The van der Waals surface area contributed by atoms with E-state index in [0.717, 1.165) is 25.5 Å². The second kappa shape index (κ2) is 4.97. The van der Waals surface area contributed by atoms with Gasteiger partial charge < -0.3 is 19.8 Å². The van der Waals surface area contributed by atoms with Crippen molar-refractivity contribution < 1.29 is 14.3 Å². The summed E-state index contributed by atoms with van der Waals surface area (Å²) in [5, 5.41) is 0. The molecular formula is C12H19N3O3. The van der Waals surface area contributed by atoms with E-state index in [9.17, 15) is 4.79 Å². The average Bonchev–Trinajstić information content (AvgIpc) is 2.96. The van der Waals surface area contributed by atoms with Gasteiger partial charge in [-0.2, -0.15) is 0 Å². The number of anilines is 1. The van der Waals surface area contributed by atoms with E-state index in [0.29, 0.717) is 11.7 Å². The number of methoxy groups -OCH3 is 1. The molecule has 6 heteroatoms. The fourth-order valence-electron chi connectivity index (χ4n) is 2.47. The molecule has 0 aromatic carbocycles. The molecule has 6 nitrogen and oxygen atoms in total. The molecule has 1 saturated heterocycles. The summed E-state index contributed by atoms with van der Waals surface area (Å²) in [5.74, 6) is 1.01. The molecule has 1 aliphatic heterocycles. The van der Waals surface area contributed by atoms with E-state index in [2.05, 4.69) is 16.6 Å². The first-order chi connectivity index (χ1) is 8.56. The highest BCUT2D eigenvalue weighted by atomic mass is 16.5. The normalized spacial score (nSPS) is 20.9. The molecule has 0 saturated carbocycles. The average molecular weight is 253 g/mol. The first-order valence-corrected chi connectivity index (χ1v) is 6.06. The molecule has 2 unspecified atom stereocenters. The Kier molecular flexibility index (Phi) is 3.56. The maximum atomic E-state index is 11.5. The number of aryl methyl sites for hydroxylation is 1. The third-order valence-electron chi connectivity index (χ3n) is 3.56. The number of nitrogens with two attached hydrogens (primary N) is 1. The molecule has 2 N–H and O–H groups in total. The van der Waals surface area contributed by atoms with Crippen LogP contribution in [0.3, 0.4) is 0 Å². The predicted molar refractivity (Wildman–Crippen MR) is 66.4 cm³/mol. The molecule has 1 aromatic heterocycles. The molecule has 0 amide bonds. The molecule has 1 aromatic rings. The quantitative estimate of drug-likeness (QED) is 0.818. The highest BCUT2D eigenvalue weighted by molar-refractivity contribution is 5.92. The van der Waals surface area contributed by atoms with E-state index in [4.69, 9.17) is 10.5 Å². The van der Waals surface area contributed by atoms with Crippen molar-refractivity contribution in [2.45, 2.75) is 26.3 Å². The van der Waals surface area contributed by atoms with Crippen molar-refractivity contribution in [2.24, 2.45) is 5.92 Å². The van der Waals surface area contributed by atoms with Gasteiger partial charge in [-0.1, -0.05) is 0 Å². The fourth-order valence-corrected chi connectivity index (χ4v) is 2.47. The molecule has 18 heavy (non-hydrogen) atoms. The monoisotopic (exact) mass is 253 g/mol. The van der Waals surface area contributed by atoms with Gasteiger partial charge in [0.1, 0.15) is 11.6 Å². The van der Waals surface area contributed by atoms with Crippen molar-refractivity contribution >= 4 is 11.8 Å². The van der Waals surface area contributed by atoms with Gasteiger partial charge in [0.15, 0.2) is 5.69 Å². The minimum atomic E-state index is -0.496. The SMILES string of the molecule is COC(=O)c1nc(C)n(C(C)C2CCOC2)c1N. The lowest BCUT2D eigenvalue weighted by Gasteiger charge is -2.21. The fraction of sp³-hybridized carbons (Fsp3) is 0.667. The molecule has 2 atom stereocenters. The van der Waals surface area contributed by atoms with Gasteiger partial charge in [0, 0.05) is 18.6 Å². The van der Waals surface area contributed by atoms with Crippen LogP contribution in [0, 0.1) is 12.8 Å². The van der Waals surface area contributed by atoms with E-state index in [-0.39, 0.29) is 11.7 Å². The van der Waals surface area contributed by atoms with E-state index in [1.165, 1.54) is 7.11 Å². The zero-order valence-corrected chi connectivity index (χ0v) is 11.0. The van der Waals surface area contributed by atoms with Crippen LogP contribution in [0.15, 0.2) is 0 Å². The second-order valence-electron chi connectivity index (χ2n) is 4.62. The van der Waals surface area contributed by atoms with Crippen LogP contribution in [0.1, 0.15) is 35.7 Å². The third-order valence-corrected chi connectivity index (χ3v) is 3.56. The molecular weight excluding hydrogens is 234 g/mol. The zero-order chi connectivity index (χ0) is 13.3. The van der Waals surface area contributed by atoms with E-state index in [1.54, 1.807) is 0 Å². The van der Waals surface area contributed by atoms with Crippen LogP contribution in [0.25, 0.3) is 0 Å². The number of imidazole rings is 1. The number of ether oxygens (including phenoxy) is 2. The molecule has 2 heterocycles. The Bertz CT molecular complexity index is 450. The Morgan fingerprint density at radius 3 is 2.94 bits per heavy atom. The smallest absolute Gasteiger partial charge is 0.360 e. The van der Waals surface area contributed by atoms with E-state index in [1.807, 2.05) is 11.5 Å². The number of carbonyl (C=O) groups excluding carboxylic acids is 1. The first-order valence-electron chi connectivity index (χ1n) is 6.06. The Morgan fingerprint density at radius 2 is 2.39 bits per heavy atom. The summed E-state index contributed by atoms with van der Waals surface area (Å²) in [6.07, 6.45) is 1.01. The molecule has 2 rings (SSSR count). The number of hydrogen-bond donors (Lipinski definition) is 1. The van der Waals surface area contributed by atoms with Gasteiger partial charge in [-0.25, -0.2) is 9.78 Å². The van der Waals surface area contributed by atoms with Crippen molar-refractivity contribution in [3.05, 3.63) is 11.5 Å². The van der Waals surface area contributed by atoms with Crippen LogP contribution in [0.2, 0.25) is 0 Å². The van der Waals surface area contributed by atoms with Crippen LogP contribution in [0.5, 0.6) is 0 Å². The lowest BCUT2D eigenvalue weighted by atomic mass is 10.0. The van der Waals surface area contributed by atoms with Gasteiger partial charge in [-0.05, 0) is 20.3 Å². The number of nitrogen functional groups attached to an aromatic ring is 1. The lowest BCUT2D eigenvalue weighted by molar-refractivity contribution is 0.0595. The van der Waals surface area contributed by atoms with E-state index >= 15 is 0 Å². The van der Waals surface area contributed by atoms with Crippen molar-refractivity contribution in [1.82, 2.24) is 9.55 Å². The molecule has 1 fully saturated rings. The first kappa shape index (κ1) is 12.9. The molecule has 0 spiro atoms. The predicted octanol–water partition coefficient (Wildman–Crippen LogP) is 1.16. The van der Waals surface area contributed by atoms with Crippen LogP contribution in [0.4, 0.5) is 5.82 Å². The van der Waals surface area contributed by atoms with Crippen LogP contribution in [-0.2, 0) is 9.47 Å². The molecule has 100 valence electrons. The summed E-state index contributed by atoms with van der Waals surface area (Å²) in [6, 6.07) is 0.165. The van der Waals surface area contributed by atoms with Crippen LogP contribution < -0.4 is 5.73 Å². The summed E-state index contributed by atoms with van der Waals surface area (Å²) < 4.78 is 12.0. The third kappa shape index (κ3) is 2.08. The number of nitrogens with zero attached hydrogens (tertiary/aromatic N) is 2. The number of carbonyl (C=O) groups is 1.